The summed E-state index contributed by atoms with van der Waals surface area (Å²) in [4.78, 5) is 0. The molecule has 1 N–H and O–H groups in total. The van der Waals surface area contributed by atoms with Crippen molar-refractivity contribution in [2.75, 3.05) is 5.32 Å². The van der Waals surface area contributed by atoms with Crippen molar-refractivity contribution in [1.82, 2.24) is 0 Å². The molecule has 1 aliphatic carbocycles. The Hall–Kier alpha value is -0.980. The molecule has 1 heteroatoms. The molecule has 0 spiro atoms. The summed E-state index contributed by atoms with van der Waals surface area (Å²) in [6, 6.07) is 9.35. The fraction of sp³-hybridized carbons (Fsp3) is 0.538. The van der Waals surface area contributed by atoms with Gasteiger partial charge >= 0.3 is 0 Å². The van der Waals surface area contributed by atoms with E-state index in [0.717, 1.165) is 5.92 Å². The highest BCUT2D eigenvalue weighted by Crippen LogP contribution is 2.35. The summed E-state index contributed by atoms with van der Waals surface area (Å²) < 4.78 is 0. The SMILES string of the molecule is CCC(Nc1cccc(C)c1)C1CC1. The summed E-state index contributed by atoms with van der Waals surface area (Å²) in [5.74, 6) is 0.931. The molecule has 76 valence electrons. The van der Waals surface area contributed by atoms with Crippen LogP contribution in [-0.4, -0.2) is 6.04 Å². The van der Waals surface area contributed by atoms with Crippen molar-refractivity contribution in [3.05, 3.63) is 29.8 Å². The van der Waals surface area contributed by atoms with Crippen molar-refractivity contribution < 1.29 is 0 Å². The standard InChI is InChI=1S/C13H19N/c1-3-13(11-7-8-11)14-12-6-4-5-10(2)9-12/h4-6,9,11,13-14H,3,7-8H2,1-2H3. The molecule has 1 saturated carbocycles. The van der Waals surface area contributed by atoms with Crippen molar-refractivity contribution in [2.45, 2.75) is 39.2 Å². The quantitative estimate of drug-likeness (QED) is 0.763. The zero-order chi connectivity index (χ0) is 9.97. The second-order valence-electron chi connectivity index (χ2n) is 4.37. The number of hydrogen-bond acceptors (Lipinski definition) is 1. The van der Waals surface area contributed by atoms with Gasteiger partial charge in [0.1, 0.15) is 0 Å². The normalized spacial score (nSPS) is 17.9. The average Bonchev–Trinajstić information content (AvgIpc) is 2.97. The van der Waals surface area contributed by atoms with Gasteiger partial charge in [-0.2, -0.15) is 0 Å². The molecule has 1 fully saturated rings. The van der Waals surface area contributed by atoms with Crippen molar-refractivity contribution in [1.29, 1.82) is 0 Å². The van der Waals surface area contributed by atoms with Gasteiger partial charge in [-0.3, -0.25) is 0 Å². The van der Waals surface area contributed by atoms with Crippen LogP contribution < -0.4 is 5.32 Å². The van der Waals surface area contributed by atoms with E-state index in [-0.39, 0.29) is 0 Å². The van der Waals surface area contributed by atoms with Gasteiger partial charge in [0.25, 0.3) is 0 Å². The highest BCUT2D eigenvalue weighted by molar-refractivity contribution is 5.46. The molecule has 1 unspecified atom stereocenters. The maximum absolute atomic E-state index is 3.63. The molecule has 14 heavy (non-hydrogen) atoms. The summed E-state index contributed by atoms with van der Waals surface area (Å²) in [5, 5.41) is 3.63. The first-order valence-electron chi connectivity index (χ1n) is 5.63. The molecule has 1 aromatic carbocycles. The van der Waals surface area contributed by atoms with Crippen LogP contribution in [0.25, 0.3) is 0 Å². The Morgan fingerprint density at radius 2 is 2.21 bits per heavy atom. The van der Waals surface area contributed by atoms with Crippen LogP contribution in [0.2, 0.25) is 0 Å². The maximum atomic E-state index is 3.63. The lowest BCUT2D eigenvalue weighted by Crippen LogP contribution is -2.20. The van der Waals surface area contributed by atoms with Crippen molar-refractivity contribution in [2.24, 2.45) is 5.92 Å². The van der Waals surface area contributed by atoms with Crippen molar-refractivity contribution >= 4 is 5.69 Å². The van der Waals surface area contributed by atoms with Gasteiger partial charge in [0.15, 0.2) is 0 Å². The highest BCUT2D eigenvalue weighted by Gasteiger charge is 2.29. The molecule has 1 atom stereocenters. The minimum atomic E-state index is 0.691. The monoisotopic (exact) mass is 189 g/mol. The molecule has 0 saturated heterocycles. The van der Waals surface area contributed by atoms with Crippen molar-refractivity contribution in [3.8, 4) is 0 Å². The molecule has 0 bridgehead atoms. The van der Waals surface area contributed by atoms with Crippen LogP contribution in [0.3, 0.4) is 0 Å². The molecule has 0 aromatic heterocycles. The fourth-order valence-corrected chi connectivity index (χ4v) is 2.00. The van der Waals surface area contributed by atoms with E-state index >= 15 is 0 Å². The summed E-state index contributed by atoms with van der Waals surface area (Å²) in [7, 11) is 0. The number of anilines is 1. The minimum absolute atomic E-state index is 0.691. The van der Waals surface area contributed by atoms with Crippen LogP contribution in [0.5, 0.6) is 0 Å². The Morgan fingerprint density at radius 3 is 2.79 bits per heavy atom. The first kappa shape index (κ1) is 9.57. The van der Waals surface area contributed by atoms with Crippen LogP contribution in [0.1, 0.15) is 31.7 Å². The third-order valence-corrected chi connectivity index (χ3v) is 3.00. The highest BCUT2D eigenvalue weighted by atomic mass is 14.9. The molecule has 0 heterocycles. The van der Waals surface area contributed by atoms with E-state index in [2.05, 4.69) is 43.4 Å². The smallest absolute Gasteiger partial charge is 0.0345 e. The van der Waals surface area contributed by atoms with E-state index < -0.39 is 0 Å². The zero-order valence-corrected chi connectivity index (χ0v) is 9.09. The Labute approximate surface area is 86.5 Å². The Kier molecular flexibility index (Phi) is 2.76. The molecule has 1 aliphatic rings. The van der Waals surface area contributed by atoms with Gasteiger partial charge in [0, 0.05) is 11.7 Å². The molecule has 2 rings (SSSR count). The fourth-order valence-electron chi connectivity index (χ4n) is 2.00. The Bertz CT molecular complexity index is 302. The van der Waals surface area contributed by atoms with Gasteiger partial charge in [-0.15, -0.1) is 0 Å². The molecule has 1 aromatic rings. The van der Waals surface area contributed by atoms with E-state index in [1.54, 1.807) is 0 Å². The summed E-state index contributed by atoms with van der Waals surface area (Å²) in [5.41, 5.74) is 2.62. The van der Waals surface area contributed by atoms with Gasteiger partial charge < -0.3 is 5.32 Å². The average molecular weight is 189 g/mol. The Morgan fingerprint density at radius 1 is 1.43 bits per heavy atom. The lowest BCUT2D eigenvalue weighted by molar-refractivity contribution is 0.616. The third kappa shape index (κ3) is 2.28. The van der Waals surface area contributed by atoms with Crippen LogP contribution in [-0.2, 0) is 0 Å². The van der Waals surface area contributed by atoms with E-state index in [4.69, 9.17) is 0 Å². The number of hydrogen-bond donors (Lipinski definition) is 1. The van der Waals surface area contributed by atoms with Crippen molar-refractivity contribution in [3.63, 3.8) is 0 Å². The molecule has 0 amide bonds. The predicted octanol–water partition coefficient (Wildman–Crippen LogP) is 3.60. The topological polar surface area (TPSA) is 12.0 Å². The third-order valence-electron chi connectivity index (χ3n) is 3.00. The van der Waals surface area contributed by atoms with E-state index in [1.165, 1.54) is 30.5 Å². The van der Waals surface area contributed by atoms with E-state index in [1.807, 2.05) is 0 Å². The lowest BCUT2D eigenvalue weighted by atomic mass is 10.1. The van der Waals surface area contributed by atoms with Crippen LogP contribution in [0.15, 0.2) is 24.3 Å². The maximum Gasteiger partial charge on any atom is 0.0345 e. The number of nitrogens with one attached hydrogen (secondary N) is 1. The van der Waals surface area contributed by atoms with Crippen LogP contribution in [0.4, 0.5) is 5.69 Å². The summed E-state index contributed by atoms with van der Waals surface area (Å²) >= 11 is 0. The van der Waals surface area contributed by atoms with Gasteiger partial charge in [0.2, 0.25) is 0 Å². The summed E-state index contributed by atoms with van der Waals surface area (Å²) in [6.07, 6.45) is 4.06. The van der Waals surface area contributed by atoms with Gasteiger partial charge in [-0.1, -0.05) is 19.1 Å². The number of benzene rings is 1. The first-order chi connectivity index (χ1) is 6.79. The second-order valence-corrected chi connectivity index (χ2v) is 4.37. The predicted molar refractivity (Wildman–Crippen MR) is 61.6 cm³/mol. The van der Waals surface area contributed by atoms with Gasteiger partial charge in [-0.25, -0.2) is 0 Å². The number of aryl methyl sites for hydroxylation is 1. The Balaban J connectivity index is 2.01. The lowest BCUT2D eigenvalue weighted by Gasteiger charge is -2.17. The molecule has 1 nitrogen and oxygen atoms in total. The van der Waals surface area contributed by atoms with Gasteiger partial charge in [0.05, 0.1) is 0 Å². The van der Waals surface area contributed by atoms with Gasteiger partial charge in [-0.05, 0) is 49.8 Å². The molecular formula is C13H19N. The van der Waals surface area contributed by atoms with Crippen LogP contribution in [0, 0.1) is 12.8 Å². The number of rotatable bonds is 4. The largest absolute Gasteiger partial charge is 0.382 e. The molecule has 0 radical (unpaired) electrons. The minimum Gasteiger partial charge on any atom is -0.382 e. The molecule has 0 aliphatic heterocycles. The van der Waals surface area contributed by atoms with Crippen LogP contribution >= 0.6 is 0 Å². The van der Waals surface area contributed by atoms with E-state index in [9.17, 15) is 0 Å². The first-order valence-corrected chi connectivity index (χ1v) is 5.63. The summed E-state index contributed by atoms with van der Waals surface area (Å²) in [6.45, 7) is 4.41. The van der Waals surface area contributed by atoms with E-state index in [0.29, 0.717) is 6.04 Å². The second kappa shape index (κ2) is 4.04. The molecular weight excluding hydrogens is 170 g/mol. The zero-order valence-electron chi connectivity index (χ0n) is 9.09.